The van der Waals surface area contributed by atoms with E-state index in [2.05, 4.69) is 98.9 Å². The van der Waals surface area contributed by atoms with Gasteiger partial charge in [-0.15, -0.1) is 0 Å². The molecule has 5 aromatic heterocycles. The molecule has 5 heterocycles. The number of fused-ring (bicyclic) bond motifs is 15. The summed E-state index contributed by atoms with van der Waals surface area (Å²) >= 11 is 0. The van der Waals surface area contributed by atoms with E-state index in [4.69, 9.17) is 9.97 Å². The first-order chi connectivity index (χ1) is 20.3. The second kappa shape index (κ2) is 7.55. The van der Waals surface area contributed by atoms with Gasteiger partial charge in [0.2, 0.25) is 0 Å². The maximum atomic E-state index is 5.11. The Balaban J connectivity index is 1.47. The summed E-state index contributed by atoms with van der Waals surface area (Å²) in [5, 5.41) is 5.88. The first-order valence-corrected chi connectivity index (χ1v) is 13.9. The minimum absolute atomic E-state index is 0.888. The number of pyridine rings is 3. The van der Waals surface area contributed by atoms with Gasteiger partial charge in [0.05, 0.1) is 28.3 Å². The number of hydrogen-bond donors (Lipinski definition) is 0. The van der Waals surface area contributed by atoms with Crippen LogP contribution in [-0.2, 0) is 6.42 Å². The zero-order valence-corrected chi connectivity index (χ0v) is 21.9. The van der Waals surface area contributed by atoms with Crippen molar-refractivity contribution in [3.05, 3.63) is 127 Å². The number of benzene rings is 4. The minimum atomic E-state index is 0.888. The Morgan fingerprint density at radius 3 is 2.41 bits per heavy atom. The molecule has 0 atom stereocenters. The predicted octanol–water partition coefficient (Wildman–Crippen LogP) is 8.25. The van der Waals surface area contributed by atoms with Crippen LogP contribution >= 0.6 is 0 Å². The Bertz CT molecular complexity index is 2550. The first-order valence-electron chi connectivity index (χ1n) is 13.9. The van der Waals surface area contributed by atoms with Gasteiger partial charge in [0.15, 0.2) is 0 Å². The average Bonchev–Trinajstić information content (AvgIpc) is 3.70. The van der Waals surface area contributed by atoms with Crippen molar-refractivity contribution < 1.29 is 0 Å². The summed E-state index contributed by atoms with van der Waals surface area (Å²) in [6.07, 6.45) is 6.52. The zero-order valence-electron chi connectivity index (χ0n) is 21.9. The van der Waals surface area contributed by atoms with E-state index in [1.807, 2.05) is 24.5 Å². The molecule has 0 unspecified atom stereocenters. The standard InChI is InChI=1S/C36H21N5/c1-2-8-23(9-3-1)40-31-19-28-22(17-21-7-4-5-10-24(21)28)18-29(31)25-12-13-27-33(34(25)40)26-11-6-15-38-35(26)41-32-20-37-16-14-30(32)39-36(27)41/h1-16,18-20H,17H2. The molecule has 0 radical (unpaired) electrons. The molecule has 190 valence electrons. The van der Waals surface area contributed by atoms with Crippen LogP contribution in [0, 0.1) is 0 Å². The van der Waals surface area contributed by atoms with Crippen LogP contribution < -0.4 is 0 Å². The quantitative estimate of drug-likeness (QED) is 0.204. The van der Waals surface area contributed by atoms with Crippen LogP contribution in [0.4, 0.5) is 0 Å². The molecule has 0 saturated carbocycles. The van der Waals surface area contributed by atoms with Crippen LogP contribution in [0.2, 0.25) is 0 Å². The zero-order chi connectivity index (χ0) is 26.7. The van der Waals surface area contributed by atoms with Gasteiger partial charge in [-0.25, -0.2) is 9.97 Å². The summed E-state index contributed by atoms with van der Waals surface area (Å²) in [6, 6.07) is 35.1. The van der Waals surface area contributed by atoms with Gasteiger partial charge in [0.25, 0.3) is 0 Å². The fourth-order valence-electron chi connectivity index (χ4n) is 7.13. The Labute approximate surface area is 234 Å². The highest BCUT2D eigenvalue weighted by atomic mass is 15.1. The van der Waals surface area contributed by atoms with E-state index >= 15 is 0 Å². The highest BCUT2D eigenvalue weighted by Gasteiger charge is 2.24. The lowest BCUT2D eigenvalue weighted by Crippen LogP contribution is -1.98. The molecule has 0 bridgehead atoms. The molecule has 5 heteroatoms. The van der Waals surface area contributed by atoms with Crippen molar-refractivity contribution in [1.82, 2.24) is 23.9 Å². The summed E-state index contributed by atoms with van der Waals surface area (Å²) in [6.45, 7) is 0. The summed E-state index contributed by atoms with van der Waals surface area (Å²) in [7, 11) is 0. The SMILES string of the molecule is c1ccc(-n2c3cc4c(cc3c3ccc5c(c6cccnc6n6c7cnccc7nc56)c32)Cc2ccccc2-4)cc1. The van der Waals surface area contributed by atoms with Crippen molar-refractivity contribution in [2.45, 2.75) is 6.42 Å². The van der Waals surface area contributed by atoms with Gasteiger partial charge in [-0.3, -0.25) is 9.38 Å². The van der Waals surface area contributed by atoms with E-state index in [1.165, 1.54) is 49.4 Å². The maximum absolute atomic E-state index is 5.11. The van der Waals surface area contributed by atoms with Crippen LogP contribution in [-0.4, -0.2) is 23.9 Å². The molecule has 0 saturated heterocycles. The molecular weight excluding hydrogens is 502 g/mol. The number of imidazole rings is 1. The molecule has 0 aliphatic heterocycles. The van der Waals surface area contributed by atoms with Gasteiger partial charge in [-0.1, -0.05) is 48.5 Å². The van der Waals surface area contributed by atoms with E-state index in [0.717, 1.165) is 45.2 Å². The number of para-hydroxylation sites is 1. The molecule has 0 spiro atoms. The number of hydrogen-bond acceptors (Lipinski definition) is 3. The molecule has 1 aliphatic carbocycles. The molecule has 0 fully saturated rings. The highest BCUT2D eigenvalue weighted by Crippen LogP contribution is 2.45. The van der Waals surface area contributed by atoms with Crippen LogP contribution in [0.25, 0.3) is 77.1 Å². The lowest BCUT2D eigenvalue weighted by atomic mass is 10.0. The van der Waals surface area contributed by atoms with Crippen molar-refractivity contribution in [2.75, 3.05) is 0 Å². The maximum Gasteiger partial charge on any atom is 0.147 e. The molecule has 10 rings (SSSR count). The molecule has 9 aromatic rings. The van der Waals surface area contributed by atoms with Gasteiger partial charge in [0, 0.05) is 45.0 Å². The van der Waals surface area contributed by atoms with Crippen molar-refractivity contribution >= 4 is 60.3 Å². The number of nitrogens with zero attached hydrogens (tertiary/aromatic N) is 5. The second-order valence-corrected chi connectivity index (χ2v) is 10.9. The Hall–Kier alpha value is -5.55. The normalized spacial score (nSPS) is 12.8. The molecule has 0 amide bonds. The largest absolute Gasteiger partial charge is 0.309 e. The van der Waals surface area contributed by atoms with Crippen LogP contribution in [0.1, 0.15) is 11.1 Å². The van der Waals surface area contributed by atoms with Gasteiger partial charge in [-0.05, 0) is 77.2 Å². The van der Waals surface area contributed by atoms with E-state index in [0.29, 0.717) is 0 Å². The molecular formula is C36H21N5. The molecule has 4 aromatic carbocycles. The van der Waals surface area contributed by atoms with E-state index < -0.39 is 0 Å². The molecule has 5 nitrogen and oxygen atoms in total. The fraction of sp³-hybridized carbons (Fsp3) is 0.0278. The topological polar surface area (TPSA) is 48.0 Å². The Morgan fingerprint density at radius 1 is 0.610 bits per heavy atom. The van der Waals surface area contributed by atoms with Crippen LogP contribution in [0.3, 0.4) is 0 Å². The Kier molecular flexibility index (Phi) is 3.92. The Morgan fingerprint density at radius 2 is 1.46 bits per heavy atom. The summed E-state index contributed by atoms with van der Waals surface area (Å²) in [5.74, 6) is 0. The van der Waals surface area contributed by atoms with Gasteiger partial charge < -0.3 is 4.57 Å². The van der Waals surface area contributed by atoms with Gasteiger partial charge in [0.1, 0.15) is 11.3 Å². The third-order valence-electron chi connectivity index (χ3n) is 8.82. The van der Waals surface area contributed by atoms with Gasteiger partial charge >= 0.3 is 0 Å². The fourth-order valence-corrected chi connectivity index (χ4v) is 7.13. The van der Waals surface area contributed by atoms with E-state index in [1.54, 1.807) is 6.20 Å². The molecule has 41 heavy (non-hydrogen) atoms. The monoisotopic (exact) mass is 523 g/mol. The summed E-state index contributed by atoms with van der Waals surface area (Å²) < 4.78 is 4.61. The lowest BCUT2D eigenvalue weighted by Gasteiger charge is -2.13. The summed E-state index contributed by atoms with van der Waals surface area (Å²) in [5.41, 5.74) is 12.7. The lowest BCUT2D eigenvalue weighted by molar-refractivity contribution is 1.18. The minimum Gasteiger partial charge on any atom is -0.309 e. The number of aromatic nitrogens is 5. The van der Waals surface area contributed by atoms with Crippen molar-refractivity contribution in [3.63, 3.8) is 0 Å². The van der Waals surface area contributed by atoms with Crippen molar-refractivity contribution in [2.24, 2.45) is 0 Å². The third-order valence-corrected chi connectivity index (χ3v) is 8.82. The second-order valence-electron chi connectivity index (χ2n) is 10.9. The summed E-state index contributed by atoms with van der Waals surface area (Å²) in [4.78, 5) is 14.4. The van der Waals surface area contributed by atoms with Crippen molar-refractivity contribution in [1.29, 1.82) is 0 Å². The average molecular weight is 524 g/mol. The van der Waals surface area contributed by atoms with E-state index in [9.17, 15) is 0 Å². The highest BCUT2D eigenvalue weighted by molar-refractivity contribution is 6.27. The molecule has 0 N–H and O–H groups in total. The van der Waals surface area contributed by atoms with Crippen LogP contribution in [0.15, 0.2) is 116 Å². The third kappa shape index (κ3) is 2.68. The smallest absolute Gasteiger partial charge is 0.147 e. The predicted molar refractivity (Wildman–Crippen MR) is 166 cm³/mol. The van der Waals surface area contributed by atoms with Crippen LogP contribution in [0.5, 0.6) is 0 Å². The number of rotatable bonds is 1. The first kappa shape index (κ1) is 21.3. The van der Waals surface area contributed by atoms with Gasteiger partial charge in [-0.2, -0.15) is 0 Å². The molecule has 1 aliphatic rings. The van der Waals surface area contributed by atoms with Crippen molar-refractivity contribution in [3.8, 4) is 16.8 Å². The van der Waals surface area contributed by atoms with E-state index in [-0.39, 0.29) is 0 Å².